The van der Waals surface area contributed by atoms with Gasteiger partial charge in [0, 0.05) is 36.8 Å². The van der Waals surface area contributed by atoms with Crippen LogP contribution in [-0.2, 0) is 29.5 Å². The van der Waals surface area contributed by atoms with Gasteiger partial charge in [0.25, 0.3) is 5.89 Å². The summed E-state index contributed by atoms with van der Waals surface area (Å²) in [6.07, 6.45) is 0.630. The minimum atomic E-state index is -0.468. The van der Waals surface area contributed by atoms with Gasteiger partial charge in [0.2, 0.25) is 5.89 Å². The second-order valence-corrected chi connectivity index (χ2v) is 6.81. The zero-order valence-corrected chi connectivity index (χ0v) is 16.8. The van der Waals surface area contributed by atoms with E-state index in [9.17, 15) is 9.59 Å². The molecule has 0 bridgehead atoms. The van der Waals surface area contributed by atoms with E-state index in [-0.39, 0.29) is 19.2 Å². The third kappa shape index (κ3) is 3.88. The number of amides is 2. The molecule has 2 amide bonds. The quantitative estimate of drug-likeness (QED) is 0.637. The summed E-state index contributed by atoms with van der Waals surface area (Å²) in [5.41, 5.74) is 3.25. The third-order valence-corrected chi connectivity index (χ3v) is 4.87. The highest BCUT2D eigenvalue weighted by molar-refractivity contribution is 5.81. The summed E-state index contributed by atoms with van der Waals surface area (Å²) < 4.78 is 12.5. The molecule has 156 valence electrons. The second-order valence-electron chi connectivity index (χ2n) is 6.81. The van der Waals surface area contributed by atoms with Crippen molar-refractivity contribution in [2.75, 3.05) is 19.7 Å². The Morgan fingerprint density at radius 3 is 2.73 bits per heavy atom. The number of nitrogens with zero attached hydrogens (tertiary/aromatic N) is 5. The van der Waals surface area contributed by atoms with Crippen LogP contribution in [0.2, 0.25) is 0 Å². The number of aromatic nitrogens is 4. The van der Waals surface area contributed by atoms with Gasteiger partial charge in [-0.05, 0) is 19.1 Å². The van der Waals surface area contributed by atoms with Gasteiger partial charge in [-0.2, -0.15) is 5.10 Å². The molecule has 0 saturated carbocycles. The number of benzene rings is 1. The summed E-state index contributed by atoms with van der Waals surface area (Å²) in [6, 6.07) is 9.15. The largest absolute Gasteiger partial charge is 0.465 e. The average Bonchev–Trinajstić information content (AvgIpc) is 3.37. The van der Waals surface area contributed by atoms with Gasteiger partial charge in [0.05, 0.1) is 13.2 Å². The van der Waals surface area contributed by atoms with Crippen molar-refractivity contribution in [3.63, 3.8) is 0 Å². The predicted molar refractivity (Wildman–Crippen MR) is 106 cm³/mol. The SMILES string of the molecule is CCOC(=O)CNC(=O)N1CCc2c(c(-c3nnc(-c4ccccc4)o3)nn2C)C1. The zero-order valence-electron chi connectivity index (χ0n) is 16.8. The Kier molecular flexibility index (Phi) is 5.46. The highest BCUT2D eigenvalue weighted by Gasteiger charge is 2.29. The van der Waals surface area contributed by atoms with E-state index in [1.165, 1.54) is 0 Å². The first-order chi connectivity index (χ1) is 14.6. The van der Waals surface area contributed by atoms with Crippen LogP contribution in [0.4, 0.5) is 4.79 Å². The van der Waals surface area contributed by atoms with E-state index in [0.29, 0.717) is 37.0 Å². The smallest absolute Gasteiger partial charge is 0.325 e. The van der Waals surface area contributed by atoms with Gasteiger partial charge in [0.15, 0.2) is 5.69 Å². The van der Waals surface area contributed by atoms with Crippen LogP contribution in [0.3, 0.4) is 0 Å². The fourth-order valence-corrected chi connectivity index (χ4v) is 3.43. The normalized spacial score (nSPS) is 13.1. The molecule has 3 aromatic rings. The Balaban J connectivity index is 1.53. The van der Waals surface area contributed by atoms with Crippen LogP contribution < -0.4 is 5.32 Å². The number of hydrogen-bond donors (Lipinski definition) is 1. The molecule has 0 atom stereocenters. The number of carbonyl (C=O) groups excluding carboxylic acids is 2. The molecule has 1 aliphatic rings. The molecule has 1 aliphatic heterocycles. The number of hydrogen-bond acceptors (Lipinski definition) is 7. The zero-order chi connectivity index (χ0) is 21.1. The number of aryl methyl sites for hydroxylation is 1. The molecule has 0 unspecified atom stereocenters. The lowest BCUT2D eigenvalue weighted by Crippen LogP contribution is -2.44. The van der Waals surface area contributed by atoms with Gasteiger partial charge >= 0.3 is 12.0 Å². The van der Waals surface area contributed by atoms with E-state index in [1.54, 1.807) is 16.5 Å². The molecule has 2 aromatic heterocycles. The summed E-state index contributed by atoms with van der Waals surface area (Å²) in [4.78, 5) is 25.6. The van der Waals surface area contributed by atoms with Crippen LogP contribution in [0.1, 0.15) is 18.2 Å². The van der Waals surface area contributed by atoms with Crippen molar-refractivity contribution in [2.24, 2.45) is 7.05 Å². The Labute approximate surface area is 172 Å². The van der Waals surface area contributed by atoms with E-state index in [1.807, 2.05) is 37.4 Å². The molecular formula is C20H22N6O4. The molecule has 0 aliphatic carbocycles. The Hall–Kier alpha value is -3.69. The van der Waals surface area contributed by atoms with Crippen LogP contribution in [0.25, 0.3) is 23.0 Å². The topological polar surface area (TPSA) is 115 Å². The van der Waals surface area contributed by atoms with Crippen molar-refractivity contribution in [1.82, 2.24) is 30.2 Å². The molecular weight excluding hydrogens is 388 g/mol. The van der Waals surface area contributed by atoms with Gasteiger partial charge in [-0.1, -0.05) is 18.2 Å². The van der Waals surface area contributed by atoms with E-state index in [4.69, 9.17) is 9.15 Å². The molecule has 30 heavy (non-hydrogen) atoms. The lowest BCUT2D eigenvalue weighted by Gasteiger charge is -2.27. The summed E-state index contributed by atoms with van der Waals surface area (Å²) in [5.74, 6) is 0.245. The van der Waals surface area contributed by atoms with Crippen LogP contribution in [0.5, 0.6) is 0 Å². The number of carbonyl (C=O) groups is 2. The molecule has 10 nitrogen and oxygen atoms in total. The van der Waals surface area contributed by atoms with Crippen LogP contribution in [-0.4, -0.2) is 56.6 Å². The first kappa shape index (κ1) is 19.6. The maximum absolute atomic E-state index is 12.5. The van der Waals surface area contributed by atoms with Crippen molar-refractivity contribution in [3.8, 4) is 23.0 Å². The van der Waals surface area contributed by atoms with Gasteiger partial charge in [-0.3, -0.25) is 9.48 Å². The lowest BCUT2D eigenvalue weighted by atomic mass is 10.1. The van der Waals surface area contributed by atoms with Crippen LogP contribution in [0.15, 0.2) is 34.7 Å². The summed E-state index contributed by atoms with van der Waals surface area (Å²) in [6.45, 7) is 2.67. The summed E-state index contributed by atoms with van der Waals surface area (Å²) in [7, 11) is 1.85. The monoisotopic (exact) mass is 410 g/mol. The Morgan fingerprint density at radius 2 is 1.97 bits per heavy atom. The minimum absolute atomic E-state index is 0.167. The standard InChI is InChI=1S/C20H22N6O4/c1-3-29-16(27)11-21-20(28)26-10-9-15-14(12-26)17(24-25(15)2)19-23-22-18(30-19)13-7-5-4-6-8-13/h4-8H,3,9-12H2,1-2H3,(H,21,28). The number of fused-ring (bicyclic) bond motifs is 1. The second kappa shape index (κ2) is 8.36. The molecule has 3 heterocycles. The Bertz CT molecular complexity index is 1060. The van der Waals surface area contributed by atoms with E-state index in [0.717, 1.165) is 16.8 Å². The number of esters is 1. The van der Waals surface area contributed by atoms with E-state index in [2.05, 4.69) is 20.6 Å². The van der Waals surface area contributed by atoms with Crippen molar-refractivity contribution in [2.45, 2.75) is 19.9 Å². The van der Waals surface area contributed by atoms with Gasteiger partial charge in [0.1, 0.15) is 6.54 Å². The number of nitrogens with one attached hydrogen (secondary N) is 1. The van der Waals surface area contributed by atoms with Gasteiger partial charge in [-0.15, -0.1) is 10.2 Å². The predicted octanol–water partition coefficient (Wildman–Crippen LogP) is 1.77. The van der Waals surface area contributed by atoms with Crippen LogP contribution in [0, 0.1) is 0 Å². The summed E-state index contributed by atoms with van der Waals surface area (Å²) >= 11 is 0. The lowest BCUT2D eigenvalue weighted by molar-refractivity contribution is -0.141. The first-order valence-corrected chi connectivity index (χ1v) is 9.69. The van der Waals surface area contributed by atoms with Crippen LogP contribution >= 0.6 is 0 Å². The maximum Gasteiger partial charge on any atom is 0.325 e. The fourth-order valence-electron chi connectivity index (χ4n) is 3.43. The van der Waals surface area contributed by atoms with Gasteiger partial charge < -0.3 is 19.4 Å². The number of ether oxygens (including phenoxy) is 1. The summed E-state index contributed by atoms with van der Waals surface area (Å²) in [5, 5.41) is 15.4. The third-order valence-electron chi connectivity index (χ3n) is 4.87. The molecule has 0 saturated heterocycles. The maximum atomic E-state index is 12.5. The minimum Gasteiger partial charge on any atom is -0.465 e. The molecule has 0 spiro atoms. The molecule has 4 rings (SSSR count). The van der Waals surface area contributed by atoms with Crippen molar-refractivity contribution < 1.29 is 18.7 Å². The van der Waals surface area contributed by atoms with Crippen molar-refractivity contribution in [3.05, 3.63) is 41.6 Å². The van der Waals surface area contributed by atoms with Gasteiger partial charge in [-0.25, -0.2) is 4.79 Å². The molecule has 10 heteroatoms. The van der Waals surface area contributed by atoms with Crippen molar-refractivity contribution in [1.29, 1.82) is 0 Å². The van der Waals surface area contributed by atoms with Crippen molar-refractivity contribution >= 4 is 12.0 Å². The van der Waals surface area contributed by atoms with E-state index < -0.39 is 5.97 Å². The fraction of sp³-hybridized carbons (Fsp3) is 0.350. The first-order valence-electron chi connectivity index (χ1n) is 9.69. The highest BCUT2D eigenvalue weighted by Crippen LogP contribution is 2.30. The molecule has 1 N–H and O–H groups in total. The molecule has 0 fully saturated rings. The Morgan fingerprint density at radius 1 is 1.20 bits per heavy atom. The van der Waals surface area contributed by atoms with E-state index >= 15 is 0 Å². The molecule has 1 aromatic carbocycles. The number of rotatable bonds is 5. The molecule has 0 radical (unpaired) electrons. The average molecular weight is 410 g/mol. The number of urea groups is 1. The highest BCUT2D eigenvalue weighted by atomic mass is 16.5.